The lowest BCUT2D eigenvalue weighted by molar-refractivity contribution is 0.102. The average Bonchev–Trinajstić information content (AvgIpc) is 3.40. The van der Waals surface area contributed by atoms with Gasteiger partial charge < -0.3 is 14.6 Å². The van der Waals surface area contributed by atoms with Crippen molar-refractivity contribution in [2.75, 3.05) is 12.4 Å². The highest BCUT2D eigenvalue weighted by molar-refractivity contribution is 6.03. The van der Waals surface area contributed by atoms with Crippen LogP contribution in [0.2, 0.25) is 0 Å². The van der Waals surface area contributed by atoms with Crippen molar-refractivity contribution in [3.05, 3.63) is 83.7 Å². The molecule has 0 spiro atoms. The molecule has 0 aliphatic carbocycles. The molecular formula is C24H26N6O2. The van der Waals surface area contributed by atoms with Crippen LogP contribution in [0.5, 0.6) is 5.75 Å². The molecule has 2 aromatic carbocycles. The fourth-order valence-electron chi connectivity index (χ4n) is 3.62. The van der Waals surface area contributed by atoms with Gasteiger partial charge >= 0.3 is 0 Å². The predicted molar refractivity (Wildman–Crippen MR) is 122 cm³/mol. The van der Waals surface area contributed by atoms with Crippen LogP contribution in [0.15, 0.2) is 60.9 Å². The molecule has 2 aromatic heterocycles. The summed E-state index contributed by atoms with van der Waals surface area (Å²) in [5, 5.41) is 11.2. The van der Waals surface area contributed by atoms with E-state index in [0.717, 1.165) is 17.1 Å². The molecule has 8 nitrogen and oxygen atoms in total. The number of anilines is 1. The van der Waals surface area contributed by atoms with Gasteiger partial charge in [-0.2, -0.15) is 0 Å². The van der Waals surface area contributed by atoms with Gasteiger partial charge in [0.05, 0.1) is 18.5 Å². The van der Waals surface area contributed by atoms with Gasteiger partial charge in [-0.1, -0.05) is 37.3 Å². The Balaban J connectivity index is 1.52. The van der Waals surface area contributed by atoms with Gasteiger partial charge in [0.2, 0.25) is 0 Å². The number of nitrogens with zero attached hydrogens (tertiary/aromatic N) is 5. The number of carbonyl (C=O) groups is 1. The number of hydrogen-bond acceptors (Lipinski definition) is 5. The van der Waals surface area contributed by atoms with Crippen molar-refractivity contribution in [3.8, 4) is 11.4 Å². The highest BCUT2D eigenvalue weighted by Crippen LogP contribution is 2.20. The van der Waals surface area contributed by atoms with E-state index in [1.54, 1.807) is 11.8 Å². The molecule has 2 heterocycles. The van der Waals surface area contributed by atoms with Crippen LogP contribution < -0.4 is 10.1 Å². The van der Waals surface area contributed by atoms with Crippen LogP contribution in [0.4, 0.5) is 5.69 Å². The number of hydrogen-bond donors (Lipinski definition) is 1. The molecule has 4 rings (SSSR count). The van der Waals surface area contributed by atoms with E-state index < -0.39 is 0 Å². The van der Waals surface area contributed by atoms with Gasteiger partial charge in [0.25, 0.3) is 5.91 Å². The van der Waals surface area contributed by atoms with Gasteiger partial charge in [0, 0.05) is 36.6 Å². The van der Waals surface area contributed by atoms with E-state index >= 15 is 0 Å². The third-order valence-corrected chi connectivity index (χ3v) is 5.21. The van der Waals surface area contributed by atoms with Gasteiger partial charge in [-0.15, -0.1) is 5.10 Å². The van der Waals surface area contributed by atoms with Crippen molar-refractivity contribution >= 4 is 11.6 Å². The van der Waals surface area contributed by atoms with Crippen LogP contribution in [0, 0.1) is 6.92 Å². The highest BCUT2D eigenvalue weighted by atomic mass is 16.5. The van der Waals surface area contributed by atoms with Crippen molar-refractivity contribution in [3.63, 3.8) is 0 Å². The molecule has 8 heteroatoms. The minimum Gasteiger partial charge on any atom is -0.497 e. The topological polar surface area (TPSA) is 86.9 Å². The van der Waals surface area contributed by atoms with E-state index in [0.29, 0.717) is 29.6 Å². The summed E-state index contributed by atoms with van der Waals surface area (Å²) in [6, 6.07) is 15.2. The number of rotatable bonds is 7. The van der Waals surface area contributed by atoms with E-state index in [4.69, 9.17) is 4.74 Å². The van der Waals surface area contributed by atoms with E-state index in [-0.39, 0.29) is 11.6 Å². The Morgan fingerprint density at radius 1 is 1.16 bits per heavy atom. The molecule has 0 bridgehead atoms. The largest absolute Gasteiger partial charge is 0.497 e. The lowest BCUT2D eigenvalue weighted by Crippen LogP contribution is -2.14. The summed E-state index contributed by atoms with van der Waals surface area (Å²) in [5.41, 5.74) is 3.46. The summed E-state index contributed by atoms with van der Waals surface area (Å²) >= 11 is 0. The van der Waals surface area contributed by atoms with Gasteiger partial charge in [-0.05, 0) is 36.8 Å². The Labute approximate surface area is 186 Å². The molecule has 0 unspecified atom stereocenters. The van der Waals surface area contributed by atoms with Crippen molar-refractivity contribution in [2.24, 2.45) is 0 Å². The Bertz CT molecular complexity index is 1240. The van der Waals surface area contributed by atoms with E-state index in [9.17, 15) is 4.79 Å². The standard InChI is InChI=1S/C24H26N6O2/c1-16(2)23-25-11-12-29(23)15-18-7-5-8-19(13-18)26-24(31)22-17(3)30(28-27-22)20-9-6-10-21(14-20)32-4/h5-14,16H,15H2,1-4H3,(H,26,31). The van der Waals surface area contributed by atoms with E-state index in [2.05, 4.69) is 39.0 Å². The van der Waals surface area contributed by atoms with Crippen LogP contribution in [0.25, 0.3) is 5.69 Å². The second kappa shape index (κ2) is 9.05. The molecule has 0 saturated carbocycles. The van der Waals surface area contributed by atoms with Crippen molar-refractivity contribution in [2.45, 2.75) is 33.2 Å². The SMILES string of the molecule is COc1cccc(-n2nnc(C(=O)Nc3cccc(Cn4ccnc4C(C)C)c3)c2C)c1. The molecular weight excluding hydrogens is 404 g/mol. The smallest absolute Gasteiger partial charge is 0.278 e. The molecule has 1 amide bonds. The number of benzene rings is 2. The van der Waals surface area contributed by atoms with Crippen LogP contribution >= 0.6 is 0 Å². The number of nitrogens with one attached hydrogen (secondary N) is 1. The third kappa shape index (κ3) is 4.39. The Kier molecular flexibility index (Phi) is 6.02. The Morgan fingerprint density at radius 3 is 2.75 bits per heavy atom. The van der Waals surface area contributed by atoms with E-state index in [1.165, 1.54) is 0 Å². The summed E-state index contributed by atoms with van der Waals surface area (Å²) in [4.78, 5) is 17.3. The summed E-state index contributed by atoms with van der Waals surface area (Å²) in [6.45, 7) is 6.74. The maximum Gasteiger partial charge on any atom is 0.278 e. The zero-order valence-electron chi connectivity index (χ0n) is 18.6. The minimum atomic E-state index is -0.306. The summed E-state index contributed by atoms with van der Waals surface area (Å²) < 4.78 is 9.02. The number of carbonyl (C=O) groups excluding carboxylic acids is 1. The van der Waals surface area contributed by atoms with Crippen LogP contribution in [0.1, 0.15) is 47.3 Å². The Morgan fingerprint density at radius 2 is 1.97 bits per heavy atom. The summed E-state index contributed by atoms with van der Waals surface area (Å²) in [7, 11) is 1.61. The average molecular weight is 431 g/mol. The first kappa shape index (κ1) is 21.3. The Hall–Kier alpha value is -3.94. The molecule has 4 aromatic rings. The quantitative estimate of drug-likeness (QED) is 0.475. The fraction of sp³-hybridized carbons (Fsp3) is 0.250. The number of imidazole rings is 1. The zero-order chi connectivity index (χ0) is 22.7. The van der Waals surface area contributed by atoms with Gasteiger partial charge in [-0.25, -0.2) is 9.67 Å². The van der Waals surface area contributed by atoms with Crippen molar-refractivity contribution in [1.29, 1.82) is 0 Å². The first-order chi connectivity index (χ1) is 15.5. The second-order valence-corrected chi connectivity index (χ2v) is 7.86. The molecule has 0 saturated heterocycles. The third-order valence-electron chi connectivity index (χ3n) is 5.21. The number of amides is 1. The van der Waals surface area contributed by atoms with Crippen LogP contribution in [0.3, 0.4) is 0 Å². The number of methoxy groups -OCH3 is 1. The molecule has 0 fully saturated rings. The fourth-order valence-corrected chi connectivity index (χ4v) is 3.62. The lowest BCUT2D eigenvalue weighted by atomic mass is 10.1. The zero-order valence-corrected chi connectivity index (χ0v) is 18.6. The van der Waals surface area contributed by atoms with Gasteiger partial charge in [-0.3, -0.25) is 4.79 Å². The molecule has 1 N–H and O–H groups in total. The normalized spacial score (nSPS) is 11.0. The molecule has 0 aliphatic rings. The second-order valence-electron chi connectivity index (χ2n) is 7.86. The summed E-state index contributed by atoms with van der Waals surface area (Å²) in [5.74, 6) is 1.77. The first-order valence-electron chi connectivity index (χ1n) is 10.4. The molecule has 32 heavy (non-hydrogen) atoms. The van der Waals surface area contributed by atoms with Gasteiger partial charge in [0.1, 0.15) is 11.6 Å². The van der Waals surface area contributed by atoms with E-state index in [1.807, 2.05) is 67.8 Å². The summed E-state index contributed by atoms with van der Waals surface area (Å²) in [6.07, 6.45) is 3.79. The van der Waals surface area contributed by atoms with Gasteiger partial charge in [0.15, 0.2) is 5.69 Å². The molecule has 0 radical (unpaired) electrons. The minimum absolute atomic E-state index is 0.273. The van der Waals surface area contributed by atoms with Crippen molar-refractivity contribution < 1.29 is 9.53 Å². The molecule has 164 valence electrons. The lowest BCUT2D eigenvalue weighted by Gasteiger charge is -2.12. The van der Waals surface area contributed by atoms with Crippen LogP contribution in [-0.2, 0) is 6.54 Å². The van der Waals surface area contributed by atoms with Crippen molar-refractivity contribution in [1.82, 2.24) is 24.5 Å². The van der Waals surface area contributed by atoms with Crippen LogP contribution in [-0.4, -0.2) is 37.6 Å². The molecule has 0 aliphatic heterocycles. The number of ether oxygens (including phenoxy) is 1. The highest BCUT2D eigenvalue weighted by Gasteiger charge is 2.18. The monoisotopic (exact) mass is 430 g/mol. The predicted octanol–water partition coefficient (Wildman–Crippen LogP) is 4.20. The number of aromatic nitrogens is 5. The first-order valence-corrected chi connectivity index (χ1v) is 10.4. The maximum absolute atomic E-state index is 12.9. The molecule has 0 atom stereocenters. The maximum atomic E-state index is 12.9.